The van der Waals surface area contributed by atoms with Crippen LogP contribution >= 0.6 is 0 Å². The first-order valence-electron chi connectivity index (χ1n) is 7.78. The number of carbonyl (C=O) groups excluding carboxylic acids is 1. The zero-order valence-corrected chi connectivity index (χ0v) is 13.1. The molecule has 21 heavy (non-hydrogen) atoms. The van der Waals surface area contributed by atoms with Gasteiger partial charge in [-0.05, 0) is 45.6 Å². The van der Waals surface area contributed by atoms with E-state index in [9.17, 15) is 4.79 Å². The highest BCUT2D eigenvalue weighted by Crippen LogP contribution is 2.26. The molecule has 0 fully saturated rings. The molecule has 0 saturated carbocycles. The molecule has 0 bridgehead atoms. The number of hydrogen-bond donors (Lipinski definition) is 1. The van der Waals surface area contributed by atoms with Crippen molar-refractivity contribution in [2.45, 2.75) is 52.2 Å². The number of carbonyl (C=O) groups is 1. The van der Waals surface area contributed by atoms with Gasteiger partial charge in [0, 0.05) is 12.0 Å². The molecule has 3 nitrogen and oxygen atoms in total. The minimum absolute atomic E-state index is 0.0437. The zero-order chi connectivity index (χ0) is 15.2. The highest BCUT2D eigenvalue weighted by atomic mass is 16.5. The van der Waals surface area contributed by atoms with E-state index in [0.717, 1.165) is 24.2 Å². The standard InChI is InChI=1S/C18H25NO2/c1-13(2)21-17-11-7-6-10-16(17)14(3)19-18(20)12-15-8-4-5-9-15/h4,6-8,10-11,13-15H,5,9,12H2,1-3H3,(H,19,20). The normalized spacial score (nSPS) is 18.8. The van der Waals surface area contributed by atoms with Crippen LogP contribution in [0.2, 0.25) is 0 Å². The number of rotatable bonds is 6. The van der Waals surface area contributed by atoms with Crippen LogP contribution in [0.1, 0.15) is 51.6 Å². The summed E-state index contributed by atoms with van der Waals surface area (Å²) in [5.74, 6) is 1.36. The number of ether oxygens (including phenoxy) is 1. The second-order valence-electron chi connectivity index (χ2n) is 5.96. The summed E-state index contributed by atoms with van der Waals surface area (Å²) in [4.78, 5) is 12.1. The average molecular weight is 287 g/mol. The van der Waals surface area contributed by atoms with E-state index in [1.54, 1.807) is 0 Å². The first-order valence-corrected chi connectivity index (χ1v) is 7.78. The van der Waals surface area contributed by atoms with Gasteiger partial charge in [0.1, 0.15) is 5.75 Å². The maximum Gasteiger partial charge on any atom is 0.221 e. The number of nitrogens with one attached hydrogen (secondary N) is 1. The summed E-state index contributed by atoms with van der Waals surface area (Å²) in [7, 11) is 0. The molecule has 0 saturated heterocycles. The highest BCUT2D eigenvalue weighted by molar-refractivity contribution is 5.77. The van der Waals surface area contributed by atoms with Crippen LogP contribution in [0, 0.1) is 5.92 Å². The van der Waals surface area contributed by atoms with Gasteiger partial charge in [0.25, 0.3) is 0 Å². The molecule has 0 spiro atoms. The number of benzene rings is 1. The highest BCUT2D eigenvalue weighted by Gasteiger charge is 2.18. The van der Waals surface area contributed by atoms with Crippen LogP contribution in [0.4, 0.5) is 0 Å². The molecule has 1 aliphatic rings. The molecule has 2 atom stereocenters. The SMILES string of the molecule is CC(C)Oc1ccccc1C(C)NC(=O)CC1C=CCC1. The smallest absolute Gasteiger partial charge is 0.221 e. The molecule has 0 aromatic heterocycles. The molecule has 0 aliphatic heterocycles. The summed E-state index contributed by atoms with van der Waals surface area (Å²) in [6.45, 7) is 6.02. The van der Waals surface area contributed by atoms with Gasteiger partial charge in [0.2, 0.25) is 5.91 Å². The Hall–Kier alpha value is -1.77. The molecular formula is C18H25NO2. The fourth-order valence-corrected chi connectivity index (χ4v) is 2.68. The summed E-state index contributed by atoms with van der Waals surface area (Å²) >= 11 is 0. The van der Waals surface area contributed by atoms with Crippen LogP contribution in [-0.2, 0) is 4.79 Å². The van der Waals surface area contributed by atoms with Crippen molar-refractivity contribution in [1.29, 1.82) is 0 Å². The third kappa shape index (κ3) is 4.62. The number of hydrogen-bond acceptors (Lipinski definition) is 2. The van der Waals surface area contributed by atoms with Gasteiger partial charge in [-0.15, -0.1) is 0 Å². The molecule has 2 rings (SSSR count). The summed E-state index contributed by atoms with van der Waals surface area (Å²) in [6.07, 6.45) is 7.20. The summed E-state index contributed by atoms with van der Waals surface area (Å²) in [6, 6.07) is 7.86. The van der Waals surface area contributed by atoms with Gasteiger partial charge in [0.15, 0.2) is 0 Å². The van der Waals surface area contributed by atoms with Gasteiger partial charge in [-0.1, -0.05) is 30.4 Å². The maximum absolute atomic E-state index is 12.1. The Labute approximate surface area is 127 Å². The van der Waals surface area contributed by atoms with Gasteiger partial charge < -0.3 is 10.1 Å². The van der Waals surface area contributed by atoms with Gasteiger partial charge in [0.05, 0.1) is 12.1 Å². The Kier molecular flexibility index (Phi) is 5.43. The lowest BCUT2D eigenvalue weighted by atomic mass is 10.0. The molecule has 114 valence electrons. The molecule has 2 unspecified atom stereocenters. The molecule has 0 radical (unpaired) electrons. The van der Waals surface area contributed by atoms with Crippen molar-refractivity contribution in [1.82, 2.24) is 5.32 Å². The van der Waals surface area contributed by atoms with Crippen LogP contribution in [0.5, 0.6) is 5.75 Å². The monoisotopic (exact) mass is 287 g/mol. The van der Waals surface area contributed by atoms with Crippen LogP contribution in [0.25, 0.3) is 0 Å². The molecule has 1 aromatic rings. The zero-order valence-electron chi connectivity index (χ0n) is 13.1. The fourth-order valence-electron chi connectivity index (χ4n) is 2.68. The lowest BCUT2D eigenvalue weighted by molar-refractivity contribution is -0.122. The Morgan fingerprint density at radius 1 is 1.33 bits per heavy atom. The maximum atomic E-state index is 12.1. The molecule has 0 heterocycles. The van der Waals surface area contributed by atoms with E-state index in [2.05, 4.69) is 17.5 Å². The van der Waals surface area contributed by atoms with Crippen molar-refractivity contribution in [2.75, 3.05) is 0 Å². The van der Waals surface area contributed by atoms with Crippen LogP contribution in [0.3, 0.4) is 0 Å². The van der Waals surface area contributed by atoms with Crippen molar-refractivity contribution in [3.05, 3.63) is 42.0 Å². The summed E-state index contributed by atoms with van der Waals surface area (Å²) in [5.41, 5.74) is 1.03. The first kappa shape index (κ1) is 15.6. The Balaban J connectivity index is 1.97. The molecule has 1 aliphatic carbocycles. The third-order valence-electron chi connectivity index (χ3n) is 3.69. The van der Waals surface area contributed by atoms with Crippen molar-refractivity contribution >= 4 is 5.91 Å². The summed E-state index contributed by atoms with van der Waals surface area (Å²) in [5, 5.41) is 3.08. The van der Waals surface area contributed by atoms with Gasteiger partial charge in [-0.2, -0.15) is 0 Å². The predicted molar refractivity (Wildman–Crippen MR) is 85.2 cm³/mol. The van der Waals surface area contributed by atoms with Gasteiger partial charge in [-0.3, -0.25) is 4.79 Å². The third-order valence-corrected chi connectivity index (χ3v) is 3.69. The molecule has 1 aromatic carbocycles. The van der Waals surface area contributed by atoms with Crippen molar-refractivity contribution in [3.63, 3.8) is 0 Å². The van der Waals surface area contributed by atoms with Crippen molar-refractivity contribution < 1.29 is 9.53 Å². The van der Waals surface area contributed by atoms with E-state index in [-0.39, 0.29) is 18.1 Å². The summed E-state index contributed by atoms with van der Waals surface area (Å²) < 4.78 is 5.82. The Morgan fingerprint density at radius 3 is 2.76 bits per heavy atom. The van der Waals surface area contributed by atoms with Crippen LogP contribution in [0.15, 0.2) is 36.4 Å². The molecule has 3 heteroatoms. The van der Waals surface area contributed by atoms with Gasteiger partial charge in [-0.25, -0.2) is 0 Å². The number of allylic oxidation sites excluding steroid dienone is 2. The fraction of sp³-hybridized carbons (Fsp3) is 0.500. The lowest BCUT2D eigenvalue weighted by Gasteiger charge is -2.20. The average Bonchev–Trinajstić information content (AvgIpc) is 2.91. The minimum atomic E-state index is -0.0437. The van der Waals surface area contributed by atoms with Crippen LogP contribution in [-0.4, -0.2) is 12.0 Å². The Bertz CT molecular complexity index is 508. The van der Waals surface area contributed by atoms with Crippen molar-refractivity contribution in [3.8, 4) is 5.75 Å². The van der Waals surface area contributed by atoms with E-state index in [1.165, 1.54) is 0 Å². The largest absolute Gasteiger partial charge is 0.491 e. The second kappa shape index (κ2) is 7.30. The molecule has 1 amide bonds. The van der Waals surface area contributed by atoms with E-state index < -0.39 is 0 Å². The van der Waals surface area contributed by atoms with Gasteiger partial charge >= 0.3 is 0 Å². The Morgan fingerprint density at radius 2 is 2.10 bits per heavy atom. The molecule has 1 N–H and O–H groups in total. The lowest BCUT2D eigenvalue weighted by Crippen LogP contribution is -2.28. The first-order chi connectivity index (χ1) is 10.1. The number of para-hydroxylation sites is 1. The minimum Gasteiger partial charge on any atom is -0.491 e. The quantitative estimate of drug-likeness (QED) is 0.803. The van der Waals surface area contributed by atoms with E-state index in [4.69, 9.17) is 4.74 Å². The van der Waals surface area contributed by atoms with E-state index >= 15 is 0 Å². The second-order valence-corrected chi connectivity index (χ2v) is 5.96. The molecular weight excluding hydrogens is 262 g/mol. The van der Waals surface area contributed by atoms with E-state index in [0.29, 0.717) is 12.3 Å². The number of amides is 1. The van der Waals surface area contributed by atoms with E-state index in [1.807, 2.05) is 45.0 Å². The topological polar surface area (TPSA) is 38.3 Å². The van der Waals surface area contributed by atoms with Crippen LogP contribution < -0.4 is 10.1 Å². The predicted octanol–water partition coefficient (Wildman–Crippen LogP) is 4.01. The van der Waals surface area contributed by atoms with Crippen molar-refractivity contribution in [2.24, 2.45) is 5.92 Å².